The largest absolute Gasteiger partial charge is 0.317 e. The Labute approximate surface area is 94.2 Å². The van der Waals surface area contributed by atoms with Crippen LogP contribution in [0, 0.1) is 11.3 Å². The Balaban J connectivity index is 1.80. The summed E-state index contributed by atoms with van der Waals surface area (Å²) in [6.07, 6.45) is 6.98. The first-order valence-electron chi connectivity index (χ1n) is 6.64. The Morgan fingerprint density at radius 1 is 1.20 bits per heavy atom. The van der Waals surface area contributed by atoms with Gasteiger partial charge in [0.15, 0.2) is 0 Å². The molecule has 1 unspecified atom stereocenters. The van der Waals surface area contributed by atoms with Crippen molar-refractivity contribution in [3.05, 3.63) is 0 Å². The molecule has 2 saturated heterocycles. The molecule has 0 aliphatic carbocycles. The molecule has 2 aliphatic rings. The zero-order chi connectivity index (χ0) is 10.7. The minimum Gasteiger partial charge on any atom is -0.317 e. The molecule has 0 aromatic heterocycles. The maximum atomic E-state index is 3.78. The summed E-state index contributed by atoms with van der Waals surface area (Å²) in [5, 5.41) is 7.26. The first kappa shape index (κ1) is 11.4. The second kappa shape index (κ2) is 4.84. The average Bonchev–Trinajstić information content (AvgIpc) is 2.23. The van der Waals surface area contributed by atoms with Crippen LogP contribution in [0.4, 0.5) is 0 Å². The van der Waals surface area contributed by atoms with E-state index in [2.05, 4.69) is 24.5 Å². The number of nitrogens with one attached hydrogen (secondary N) is 2. The third-order valence-electron chi connectivity index (χ3n) is 4.21. The van der Waals surface area contributed by atoms with Crippen LogP contribution in [0.3, 0.4) is 0 Å². The van der Waals surface area contributed by atoms with Crippen LogP contribution in [-0.2, 0) is 0 Å². The summed E-state index contributed by atoms with van der Waals surface area (Å²) in [5.74, 6) is 0.838. The number of rotatable bonds is 2. The van der Waals surface area contributed by atoms with Gasteiger partial charge >= 0.3 is 0 Å². The van der Waals surface area contributed by atoms with Gasteiger partial charge in [0.25, 0.3) is 0 Å². The molecule has 1 spiro atoms. The summed E-state index contributed by atoms with van der Waals surface area (Å²) >= 11 is 0. The van der Waals surface area contributed by atoms with Crippen LogP contribution in [0.2, 0.25) is 0 Å². The van der Waals surface area contributed by atoms with E-state index in [0.717, 1.165) is 12.0 Å². The van der Waals surface area contributed by atoms with Gasteiger partial charge < -0.3 is 10.6 Å². The topological polar surface area (TPSA) is 24.1 Å². The van der Waals surface area contributed by atoms with Gasteiger partial charge in [-0.2, -0.15) is 0 Å². The molecule has 0 saturated carbocycles. The fourth-order valence-corrected chi connectivity index (χ4v) is 3.19. The van der Waals surface area contributed by atoms with Crippen molar-refractivity contribution in [3.63, 3.8) is 0 Å². The molecule has 2 N–H and O–H groups in total. The predicted molar refractivity (Wildman–Crippen MR) is 65.0 cm³/mol. The molecule has 0 aromatic rings. The third kappa shape index (κ3) is 2.94. The summed E-state index contributed by atoms with van der Waals surface area (Å²) in [6.45, 7) is 8.40. The van der Waals surface area contributed by atoms with Crippen molar-refractivity contribution in [1.82, 2.24) is 10.6 Å². The van der Waals surface area contributed by atoms with E-state index in [1.54, 1.807) is 0 Å². The van der Waals surface area contributed by atoms with Crippen LogP contribution < -0.4 is 10.6 Å². The zero-order valence-corrected chi connectivity index (χ0v) is 10.3. The maximum Gasteiger partial charge on any atom is 0.00699 e. The van der Waals surface area contributed by atoms with E-state index in [-0.39, 0.29) is 0 Å². The van der Waals surface area contributed by atoms with Gasteiger partial charge in [-0.15, -0.1) is 0 Å². The van der Waals surface area contributed by atoms with Gasteiger partial charge in [-0.05, 0) is 56.5 Å². The van der Waals surface area contributed by atoms with Crippen molar-refractivity contribution < 1.29 is 0 Å². The van der Waals surface area contributed by atoms with Crippen molar-refractivity contribution in [3.8, 4) is 0 Å². The third-order valence-corrected chi connectivity index (χ3v) is 4.21. The summed E-state index contributed by atoms with van der Waals surface area (Å²) in [4.78, 5) is 0. The molecule has 2 fully saturated rings. The van der Waals surface area contributed by atoms with E-state index in [9.17, 15) is 0 Å². The lowest BCUT2D eigenvalue weighted by molar-refractivity contribution is 0.122. The van der Waals surface area contributed by atoms with Gasteiger partial charge in [-0.1, -0.05) is 13.8 Å². The molecule has 2 rings (SSSR count). The van der Waals surface area contributed by atoms with E-state index in [4.69, 9.17) is 0 Å². The van der Waals surface area contributed by atoms with Crippen LogP contribution in [-0.4, -0.2) is 25.7 Å². The highest BCUT2D eigenvalue weighted by Gasteiger charge is 2.35. The normalized spacial score (nSPS) is 31.0. The van der Waals surface area contributed by atoms with Gasteiger partial charge in [0.2, 0.25) is 0 Å². The highest BCUT2D eigenvalue weighted by Crippen LogP contribution is 2.37. The van der Waals surface area contributed by atoms with Crippen molar-refractivity contribution >= 4 is 0 Å². The van der Waals surface area contributed by atoms with Crippen LogP contribution in [0.25, 0.3) is 0 Å². The van der Waals surface area contributed by atoms with E-state index in [1.807, 2.05) is 0 Å². The average molecular weight is 210 g/mol. The lowest BCUT2D eigenvalue weighted by Crippen LogP contribution is -2.50. The Morgan fingerprint density at radius 2 is 1.93 bits per heavy atom. The summed E-state index contributed by atoms with van der Waals surface area (Å²) in [5.41, 5.74) is 0.652. The molecule has 0 bridgehead atoms. The van der Waals surface area contributed by atoms with Crippen LogP contribution in [0.5, 0.6) is 0 Å². The van der Waals surface area contributed by atoms with Gasteiger partial charge in [0.05, 0.1) is 0 Å². The molecule has 15 heavy (non-hydrogen) atoms. The van der Waals surface area contributed by atoms with E-state index >= 15 is 0 Å². The standard InChI is InChI=1S/C13H26N2/c1-11(2)9-12-3-4-13(10-15-12)5-7-14-8-6-13/h11-12,14-15H,3-10H2,1-2H3. The minimum absolute atomic E-state index is 0.652. The van der Waals surface area contributed by atoms with E-state index in [0.29, 0.717) is 5.41 Å². The first-order chi connectivity index (χ1) is 7.20. The zero-order valence-electron chi connectivity index (χ0n) is 10.3. The summed E-state index contributed by atoms with van der Waals surface area (Å²) in [7, 11) is 0. The van der Waals surface area contributed by atoms with Gasteiger partial charge in [0.1, 0.15) is 0 Å². The lowest BCUT2D eigenvalue weighted by atomic mass is 9.71. The van der Waals surface area contributed by atoms with Gasteiger partial charge in [-0.25, -0.2) is 0 Å². The lowest BCUT2D eigenvalue weighted by Gasteiger charge is -2.44. The Bertz CT molecular complexity index is 185. The highest BCUT2D eigenvalue weighted by atomic mass is 15.0. The molecule has 0 aromatic carbocycles. The van der Waals surface area contributed by atoms with Crippen molar-refractivity contribution in [2.24, 2.45) is 11.3 Å². The quantitative estimate of drug-likeness (QED) is 0.730. The SMILES string of the molecule is CC(C)CC1CCC2(CCNCC2)CN1. The van der Waals surface area contributed by atoms with E-state index < -0.39 is 0 Å². The molecule has 88 valence electrons. The van der Waals surface area contributed by atoms with E-state index in [1.165, 1.54) is 51.7 Å². The fourth-order valence-electron chi connectivity index (χ4n) is 3.19. The molecule has 1 atom stereocenters. The summed E-state index contributed by atoms with van der Waals surface area (Å²) < 4.78 is 0. The van der Waals surface area contributed by atoms with Gasteiger partial charge in [0, 0.05) is 12.6 Å². The van der Waals surface area contributed by atoms with Crippen LogP contribution in [0.15, 0.2) is 0 Å². The summed E-state index contributed by atoms with van der Waals surface area (Å²) in [6, 6.07) is 0.797. The number of hydrogen-bond donors (Lipinski definition) is 2. The Morgan fingerprint density at radius 3 is 2.47 bits per heavy atom. The monoisotopic (exact) mass is 210 g/mol. The number of hydrogen-bond acceptors (Lipinski definition) is 2. The predicted octanol–water partition coefficient (Wildman–Crippen LogP) is 2.15. The fraction of sp³-hybridized carbons (Fsp3) is 1.00. The van der Waals surface area contributed by atoms with Crippen LogP contribution >= 0.6 is 0 Å². The Hall–Kier alpha value is -0.0800. The number of piperidine rings is 2. The van der Waals surface area contributed by atoms with Crippen molar-refractivity contribution in [2.75, 3.05) is 19.6 Å². The molecule has 2 heteroatoms. The smallest absolute Gasteiger partial charge is 0.00699 e. The van der Waals surface area contributed by atoms with Crippen LogP contribution in [0.1, 0.15) is 46.0 Å². The molecular formula is C13H26N2. The molecule has 0 amide bonds. The maximum absolute atomic E-state index is 3.78. The molecule has 2 aliphatic heterocycles. The second-order valence-electron chi connectivity index (χ2n) is 6.00. The molecule has 0 radical (unpaired) electrons. The highest BCUT2D eigenvalue weighted by molar-refractivity contribution is 4.92. The van der Waals surface area contributed by atoms with Crippen molar-refractivity contribution in [1.29, 1.82) is 0 Å². The molecule has 2 nitrogen and oxygen atoms in total. The molecular weight excluding hydrogens is 184 g/mol. The first-order valence-corrected chi connectivity index (χ1v) is 6.64. The van der Waals surface area contributed by atoms with Crippen molar-refractivity contribution in [2.45, 2.75) is 52.0 Å². The second-order valence-corrected chi connectivity index (χ2v) is 6.00. The molecule has 2 heterocycles. The minimum atomic E-state index is 0.652. The Kier molecular flexibility index (Phi) is 3.68. The van der Waals surface area contributed by atoms with Gasteiger partial charge in [-0.3, -0.25) is 0 Å².